The van der Waals surface area contributed by atoms with E-state index >= 15 is 0 Å². The monoisotopic (exact) mass is 192 g/mol. The van der Waals surface area contributed by atoms with Gasteiger partial charge < -0.3 is 0 Å². The first-order chi connectivity index (χ1) is 6.50. The second-order valence-electron chi connectivity index (χ2n) is 4.10. The van der Waals surface area contributed by atoms with Gasteiger partial charge in [0.05, 0.1) is 11.2 Å². The van der Waals surface area contributed by atoms with Gasteiger partial charge in [0.25, 0.3) is 0 Å². The molecule has 76 valence electrons. The van der Waals surface area contributed by atoms with Crippen LogP contribution in [0.1, 0.15) is 20.8 Å². The maximum atomic E-state index is 9.53. The third kappa shape index (κ3) is 3.18. The minimum atomic E-state index is -0.321. The number of hydroxylamine groups is 2. The van der Waals surface area contributed by atoms with Gasteiger partial charge in [0.15, 0.2) is 0 Å². The molecule has 0 aromatic heterocycles. The zero-order valence-electron chi connectivity index (χ0n) is 8.81. The van der Waals surface area contributed by atoms with Crippen LogP contribution in [0.2, 0.25) is 0 Å². The van der Waals surface area contributed by atoms with E-state index in [1.165, 1.54) is 6.34 Å². The van der Waals surface area contributed by atoms with E-state index in [0.29, 0.717) is 0 Å². The van der Waals surface area contributed by atoms with Crippen molar-refractivity contribution in [1.82, 2.24) is 5.06 Å². The fourth-order valence-corrected chi connectivity index (χ4v) is 0.809. The fraction of sp³-hybridized carbons (Fsp3) is 0.364. The zero-order valence-corrected chi connectivity index (χ0v) is 8.81. The first-order valence-corrected chi connectivity index (χ1v) is 4.57. The summed E-state index contributed by atoms with van der Waals surface area (Å²) in [7, 11) is 0. The van der Waals surface area contributed by atoms with Crippen LogP contribution in [0.25, 0.3) is 0 Å². The molecule has 0 amide bonds. The first-order valence-electron chi connectivity index (χ1n) is 4.57. The molecule has 3 heteroatoms. The van der Waals surface area contributed by atoms with E-state index < -0.39 is 0 Å². The summed E-state index contributed by atoms with van der Waals surface area (Å²) >= 11 is 0. The summed E-state index contributed by atoms with van der Waals surface area (Å²) in [5.41, 5.74) is 0.508. The molecule has 0 heterocycles. The molecule has 1 aromatic carbocycles. The number of hydrogen-bond donors (Lipinski definition) is 1. The highest BCUT2D eigenvalue weighted by atomic mass is 16.5. The molecule has 0 spiro atoms. The Hall–Kier alpha value is -1.35. The Bertz CT molecular complexity index is 301. The Morgan fingerprint density at radius 3 is 2.29 bits per heavy atom. The molecule has 0 saturated heterocycles. The lowest BCUT2D eigenvalue weighted by atomic mass is 10.1. The number of hydrogen-bond acceptors (Lipinski definition) is 2. The number of benzene rings is 1. The molecule has 0 fully saturated rings. The molecule has 3 nitrogen and oxygen atoms in total. The van der Waals surface area contributed by atoms with Crippen molar-refractivity contribution in [2.24, 2.45) is 4.99 Å². The molecule has 0 aliphatic heterocycles. The van der Waals surface area contributed by atoms with Crippen LogP contribution in [-0.4, -0.2) is 22.1 Å². The number of para-hydroxylation sites is 1. The Morgan fingerprint density at radius 2 is 1.79 bits per heavy atom. The van der Waals surface area contributed by atoms with E-state index in [4.69, 9.17) is 0 Å². The highest BCUT2D eigenvalue weighted by molar-refractivity contribution is 5.60. The van der Waals surface area contributed by atoms with Crippen molar-refractivity contribution in [3.63, 3.8) is 0 Å². The van der Waals surface area contributed by atoms with Gasteiger partial charge in [0.2, 0.25) is 0 Å². The SMILES string of the molecule is CC(C)(C)N(O)C=Nc1ccccc1. The topological polar surface area (TPSA) is 35.8 Å². The van der Waals surface area contributed by atoms with Gasteiger partial charge in [-0.15, -0.1) is 0 Å². The Morgan fingerprint density at radius 1 is 1.21 bits per heavy atom. The van der Waals surface area contributed by atoms with Gasteiger partial charge in [-0.1, -0.05) is 18.2 Å². The standard InChI is InChI=1S/C11H16N2O/c1-11(2,3)13(14)9-12-10-7-5-4-6-8-10/h4-9,14H,1-3H3. The van der Waals surface area contributed by atoms with Crippen LogP contribution in [0.4, 0.5) is 5.69 Å². The smallest absolute Gasteiger partial charge is 0.117 e. The average Bonchev–Trinajstić information content (AvgIpc) is 2.14. The summed E-state index contributed by atoms with van der Waals surface area (Å²) in [5.74, 6) is 0. The highest BCUT2D eigenvalue weighted by Gasteiger charge is 2.15. The van der Waals surface area contributed by atoms with Crippen molar-refractivity contribution < 1.29 is 5.21 Å². The summed E-state index contributed by atoms with van der Waals surface area (Å²) in [6.45, 7) is 5.72. The van der Waals surface area contributed by atoms with Gasteiger partial charge in [-0.05, 0) is 32.9 Å². The minimum Gasteiger partial charge on any atom is -0.287 e. The number of rotatable bonds is 2. The molecule has 0 aliphatic rings. The van der Waals surface area contributed by atoms with Gasteiger partial charge in [0, 0.05) is 0 Å². The molecule has 1 N–H and O–H groups in total. The normalized spacial score (nSPS) is 12.0. The molecular weight excluding hydrogens is 176 g/mol. The molecule has 0 atom stereocenters. The number of nitrogens with zero attached hydrogens (tertiary/aromatic N) is 2. The summed E-state index contributed by atoms with van der Waals surface area (Å²) in [6.07, 6.45) is 1.43. The van der Waals surface area contributed by atoms with Gasteiger partial charge >= 0.3 is 0 Å². The predicted molar refractivity (Wildman–Crippen MR) is 58.0 cm³/mol. The van der Waals surface area contributed by atoms with Crippen LogP contribution in [-0.2, 0) is 0 Å². The summed E-state index contributed by atoms with van der Waals surface area (Å²) in [4.78, 5) is 4.12. The van der Waals surface area contributed by atoms with Gasteiger partial charge in [-0.2, -0.15) is 0 Å². The van der Waals surface area contributed by atoms with E-state index in [0.717, 1.165) is 10.8 Å². The Kier molecular flexibility index (Phi) is 3.25. The van der Waals surface area contributed by atoms with Crippen LogP contribution >= 0.6 is 0 Å². The summed E-state index contributed by atoms with van der Waals surface area (Å²) in [5, 5.41) is 10.6. The Balaban J connectivity index is 2.66. The minimum absolute atomic E-state index is 0.321. The van der Waals surface area contributed by atoms with Crippen molar-refractivity contribution >= 4 is 12.0 Å². The maximum absolute atomic E-state index is 9.53. The molecule has 0 unspecified atom stereocenters. The van der Waals surface area contributed by atoms with E-state index in [-0.39, 0.29) is 5.54 Å². The molecule has 0 saturated carbocycles. The van der Waals surface area contributed by atoms with Crippen molar-refractivity contribution in [3.8, 4) is 0 Å². The van der Waals surface area contributed by atoms with Crippen LogP contribution in [0.5, 0.6) is 0 Å². The van der Waals surface area contributed by atoms with Gasteiger partial charge in [-0.25, -0.2) is 10.1 Å². The van der Waals surface area contributed by atoms with Crippen LogP contribution in [0, 0.1) is 0 Å². The fourth-order valence-electron chi connectivity index (χ4n) is 0.809. The largest absolute Gasteiger partial charge is 0.287 e. The maximum Gasteiger partial charge on any atom is 0.117 e. The predicted octanol–water partition coefficient (Wildman–Crippen LogP) is 2.84. The number of aliphatic imine (C=N–C) groups is 1. The summed E-state index contributed by atoms with van der Waals surface area (Å²) in [6, 6.07) is 9.51. The molecule has 1 aromatic rings. The molecule has 0 radical (unpaired) electrons. The molecule has 0 aliphatic carbocycles. The molecule has 14 heavy (non-hydrogen) atoms. The van der Waals surface area contributed by atoms with Crippen molar-refractivity contribution in [1.29, 1.82) is 0 Å². The van der Waals surface area contributed by atoms with Crippen molar-refractivity contribution in [2.75, 3.05) is 0 Å². The zero-order chi connectivity index (χ0) is 10.6. The molecule has 1 rings (SSSR count). The van der Waals surface area contributed by atoms with E-state index in [1.807, 2.05) is 51.1 Å². The lowest BCUT2D eigenvalue weighted by molar-refractivity contribution is -0.0790. The van der Waals surface area contributed by atoms with Gasteiger partial charge in [-0.3, -0.25) is 5.21 Å². The summed E-state index contributed by atoms with van der Waals surface area (Å²) < 4.78 is 0. The second kappa shape index (κ2) is 4.24. The highest BCUT2D eigenvalue weighted by Crippen LogP contribution is 2.11. The average molecular weight is 192 g/mol. The first kappa shape index (κ1) is 10.7. The van der Waals surface area contributed by atoms with E-state index in [1.54, 1.807) is 0 Å². The molecule has 0 bridgehead atoms. The lowest BCUT2D eigenvalue weighted by Crippen LogP contribution is -2.37. The quantitative estimate of drug-likeness (QED) is 0.444. The van der Waals surface area contributed by atoms with Crippen LogP contribution in [0.3, 0.4) is 0 Å². The molecular formula is C11H16N2O. The van der Waals surface area contributed by atoms with E-state index in [2.05, 4.69) is 4.99 Å². The third-order valence-corrected chi connectivity index (χ3v) is 1.76. The lowest BCUT2D eigenvalue weighted by Gasteiger charge is -2.26. The third-order valence-electron chi connectivity index (χ3n) is 1.76. The Labute approximate surface area is 84.7 Å². The van der Waals surface area contributed by atoms with Gasteiger partial charge in [0.1, 0.15) is 6.34 Å². The van der Waals surface area contributed by atoms with Crippen molar-refractivity contribution in [2.45, 2.75) is 26.3 Å². The van der Waals surface area contributed by atoms with Crippen LogP contribution in [0.15, 0.2) is 35.3 Å². The van der Waals surface area contributed by atoms with Crippen molar-refractivity contribution in [3.05, 3.63) is 30.3 Å². The van der Waals surface area contributed by atoms with E-state index in [9.17, 15) is 5.21 Å². The second-order valence-corrected chi connectivity index (χ2v) is 4.10. The van der Waals surface area contributed by atoms with Crippen LogP contribution < -0.4 is 0 Å².